The van der Waals surface area contributed by atoms with Crippen LogP contribution >= 0.6 is 11.6 Å². The highest BCUT2D eigenvalue weighted by atomic mass is 35.5. The molecule has 5 nitrogen and oxygen atoms in total. The summed E-state index contributed by atoms with van der Waals surface area (Å²) >= 11 is 5.85. The molecule has 116 valence electrons. The van der Waals surface area contributed by atoms with Crippen molar-refractivity contribution < 1.29 is 19.0 Å². The van der Waals surface area contributed by atoms with Gasteiger partial charge in [0.05, 0.1) is 23.5 Å². The van der Waals surface area contributed by atoms with E-state index in [4.69, 9.17) is 16.3 Å². The first-order valence-electron chi connectivity index (χ1n) is 6.47. The highest BCUT2D eigenvalue weighted by Crippen LogP contribution is 2.26. The number of ether oxygens (including phenoxy) is 1. The molecule has 1 aromatic carbocycles. The van der Waals surface area contributed by atoms with Crippen LogP contribution in [0.4, 0.5) is 10.1 Å². The largest absolute Gasteiger partial charge is 0.479 e. The number of pyridine rings is 1. The Kier molecular flexibility index (Phi) is 5.30. The van der Waals surface area contributed by atoms with Gasteiger partial charge in [-0.05, 0) is 31.2 Å². The first kappa shape index (κ1) is 16.2. The van der Waals surface area contributed by atoms with Crippen molar-refractivity contribution >= 4 is 23.2 Å². The number of aliphatic hydroxyl groups is 1. The van der Waals surface area contributed by atoms with Crippen LogP contribution in [-0.4, -0.2) is 22.1 Å². The number of halogens is 2. The first-order chi connectivity index (χ1) is 10.5. The summed E-state index contributed by atoms with van der Waals surface area (Å²) < 4.78 is 18.4. The first-order valence-corrected chi connectivity index (χ1v) is 6.85. The van der Waals surface area contributed by atoms with E-state index in [0.29, 0.717) is 11.3 Å². The smallest absolute Gasteiger partial charge is 0.265 e. The van der Waals surface area contributed by atoms with E-state index in [1.54, 1.807) is 6.07 Å². The SMILES string of the molecule is CC(Oc1ccc(F)cc1Cl)C(=O)Nc1cnccc1CO. The van der Waals surface area contributed by atoms with E-state index in [-0.39, 0.29) is 17.4 Å². The maximum atomic E-state index is 13.0. The van der Waals surface area contributed by atoms with Crippen LogP contribution in [0.5, 0.6) is 5.75 Å². The molecule has 0 aliphatic rings. The van der Waals surface area contributed by atoms with Gasteiger partial charge in [0, 0.05) is 11.8 Å². The normalized spacial score (nSPS) is 11.8. The number of aromatic nitrogens is 1. The number of carbonyl (C=O) groups excluding carboxylic acids is 1. The van der Waals surface area contributed by atoms with Gasteiger partial charge in [0.1, 0.15) is 11.6 Å². The Morgan fingerprint density at radius 2 is 2.27 bits per heavy atom. The summed E-state index contributed by atoms with van der Waals surface area (Å²) in [7, 11) is 0. The van der Waals surface area contributed by atoms with Gasteiger partial charge >= 0.3 is 0 Å². The van der Waals surface area contributed by atoms with Gasteiger partial charge < -0.3 is 15.2 Å². The zero-order chi connectivity index (χ0) is 16.1. The number of hydrogen-bond donors (Lipinski definition) is 2. The molecule has 1 heterocycles. The molecule has 1 unspecified atom stereocenters. The van der Waals surface area contributed by atoms with Crippen LogP contribution in [0.2, 0.25) is 5.02 Å². The number of benzene rings is 1. The molecule has 0 saturated carbocycles. The number of anilines is 1. The zero-order valence-electron chi connectivity index (χ0n) is 11.7. The number of carbonyl (C=O) groups is 1. The average molecular weight is 325 g/mol. The molecule has 0 spiro atoms. The third-order valence-corrected chi connectivity index (χ3v) is 3.20. The minimum absolute atomic E-state index is 0.0806. The Balaban J connectivity index is 2.06. The van der Waals surface area contributed by atoms with Gasteiger partial charge in [0.2, 0.25) is 0 Å². The van der Waals surface area contributed by atoms with Crippen LogP contribution in [0.25, 0.3) is 0 Å². The third kappa shape index (κ3) is 3.93. The minimum atomic E-state index is -0.866. The lowest BCUT2D eigenvalue weighted by atomic mass is 10.2. The van der Waals surface area contributed by atoms with Crippen molar-refractivity contribution in [2.75, 3.05) is 5.32 Å². The number of aliphatic hydroxyl groups excluding tert-OH is 1. The molecule has 0 aliphatic carbocycles. The van der Waals surface area contributed by atoms with Crippen LogP contribution in [0, 0.1) is 5.82 Å². The van der Waals surface area contributed by atoms with Crippen molar-refractivity contribution in [2.24, 2.45) is 0 Å². The van der Waals surface area contributed by atoms with Crippen molar-refractivity contribution in [1.29, 1.82) is 0 Å². The predicted molar refractivity (Wildman–Crippen MR) is 80.3 cm³/mol. The topological polar surface area (TPSA) is 71.5 Å². The molecule has 0 aliphatic heterocycles. The summed E-state index contributed by atoms with van der Waals surface area (Å²) in [6, 6.07) is 5.24. The van der Waals surface area contributed by atoms with E-state index in [2.05, 4.69) is 10.3 Å². The molecular weight excluding hydrogens is 311 g/mol. The monoisotopic (exact) mass is 324 g/mol. The molecule has 2 N–H and O–H groups in total. The molecule has 0 bridgehead atoms. The highest BCUT2D eigenvalue weighted by Gasteiger charge is 2.17. The van der Waals surface area contributed by atoms with Gasteiger partial charge in [-0.1, -0.05) is 11.6 Å². The number of hydrogen-bond acceptors (Lipinski definition) is 4. The van der Waals surface area contributed by atoms with E-state index in [0.717, 1.165) is 6.07 Å². The predicted octanol–water partition coefficient (Wildman–Crippen LogP) is 2.77. The van der Waals surface area contributed by atoms with Crippen molar-refractivity contribution in [1.82, 2.24) is 4.98 Å². The van der Waals surface area contributed by atoms with Gasteiger partial charge in [-0.25, -0.2) is 4.39 Å². The van der Waals surface area contributed by atoms with Crippen LogP contribution in [0.1, 0.15) is 12.5 Å². The lowest BCUT2D eigenvalue weighted by Crippen LogP contribution is -2.30. The third-order valence-electron chi connectivity index (χ3n) is 2.91. The molecule has 1 amide bonds. The fourth-order valence-corrected chi connectivity index (χ4v) is 1.93. The lowest BCUT2D eigenvalue weighted by Gasteiger charge is -2.16. The van der Waals surface area contributed by atoms with E-state index in [1.165, 1.54) is 31.5 Å². The summed E-state index contributed by atoms with van der Waals surface area (Å²) in [6.07, 6.45) is 2.08. The van der Waals surface area contributed by atoms with Crippen LogP contribution in [0.15, 0.2) is 36.7 Å². The van der Waals surface area contributed by atoms with Gasteiger partial charge in [-0.2, -0.15) is 0 Å². The zero-order valence-corrected chi connectivity index (χ0v) is 12.5. The number of nitrogens with zero attached hydrogens (tertiary/aromatic N) is 1. The summed E-state index contributed by atoms with van der Waals surface area (Å²) in [4.78, 5) is 16.0. The second kappa shape index (κ2) is 7.20. The quantitative estimate of drug-likeness (QED) is 0.887. The van der Waals surface area contributed by atoms with Crippen LogP contribution < -0.4 is 10.1 Å². The summed E-state index contributed by atoms with van der Waals surface area (Å²) in [5.74, 6) is -0.722. The van der Waals surface area contributed by atoms with E-state index in [1.807, 2.05) is 0 Å². The Hall–Kier alpha value is -2.18. The van der Waals surface area contributed by atoms with E-state index < -0.39 is 17.8 Å². The minimum Gasteiger partial charge on any atom is -0.479 e. The standard InChI is InChI=1S/C15H14ClFN2O3/c1-9(22-14-3-2-11(17)6-12(14)16)15(21)19-13-7-18-5-4-10(13)8-20/h2-7,9,20H,8H2,1H3,(H,19,21). The van der Waals surface area contributed by atoms with E-state index in [9.17, 15) is 14.3 Å². The maximum absolute atomic E-state index is 13.0. The molecule has 0 saturated heterocycles. The summed E-state index contributed by atoms with van der Waals surface area (Å²) in [6.45, 7) is 1.31. The molecule has 0 radical (unpaired) electrons. The summed E-state index contributed by atoms with van der Waals surface area (Å²) in [5.41, 5.74) is 0.936. The number of rotatable bonds is 5. The Bertz CT molecular complexity index is 682. The fraction of sp³-hybridized carbons (Fsp3) is 0.200. The van der Waals surface area contributed by atoms with Crippen molar-refractivity contribution in [3.63, 3.8) is 0 Å². The molecular formula is C15H14ClFN2O3. The van der Waals surface area contributed by atoms with E-state index >= 15 is 0 Å². The van der Waals surface area contributed by atoms with Crippen molar-refractivity contribution in [3.8, 4) is 5.75 Å². The van der Waals surface area contributed by atoms with Gasteiger partial charge in [-0.15, -0.1) is 0 Å². The van der Waals surface area contributed by atoms with Gasteiger partial charge in [0.25, 0.3) is 5.91 Å². The molecule has 0 fully saturated rings. The highest BCUT2D eigenvalue weighted by molar-refractivity contribution is 6.32. The molecule has 1 atom stereocenters. The van der Waals surface area contributed by atoms with Crippen LogP contribution in [-0.2, 0) is 11.4 Å². The second-order valence-corrected chi connectivity index (χ2v) is 4.92. The van der Waals surface area contributed by atoms with Crippen molar-refractivity contribution in [3.05, 3.63) is 53.1 Å². The number of amides is 1. The Morgan fingerprint density at radius 1 is 1.50 bits per heavy atom. The summed E-state index contributed by atoms with van der Waals surface area (Å²) in [5, 5.41) is 11.9. The molecule has 1 aromatic heterocycles. The molecule has 7 heteroatoms. The average Bonchev–Trinajstić information content (AvgIpc) is 2.50. The fourth-order valence-electron chi connectivity index (χ4n) is 1.72. The Labute approximate surface area is 131 Å². The second-order valence-electron chi connectivity index (χ2n) is 4.52. The molecule has 22 heavy (non-hydrogen) atoms. The number of nitrogens with one attached hydrogen (secondary N) is 1. The Morgan fingerprint density at radius 3 is 2.95 bits per heavy atom. The van der Waals surface area contributed by atoms with Gasteiger partial charge in [0.15, 0.2) is 6.10 Å². The molecule has 2 aromatic rings. The van der Waals surface area contributed by atoms with Crippen molar-refractivity contribution in [2.45, 2.75) is 19.6 Å². The maximum Gasteiger partial charge on any atom is 0.265 e. The lowest BCUT2D eigenvalue weighted by molar-refractivity contribution is -0.122. The molecule has 2 rings (SSSR count). The van der Waals surface area contributed by atoms with Crippen LogP contribution in [0.3, 0.4) is 0 Å². The van der Waals surface area contributed by atoms with Gasteiger partial charge in [-0.3, -0.25) is 9.78 Å².